The van der Waals surface area contributed by atoms with Crippen molar-refractivity contribution in [3.63, 3.8) is 0 Å². The van der Waals surface area contributed by atoms with Crippen LogP contribution in [0.25, 0.3) is 0 Å². The number of rotatable bonds is 5. The molecule has 0 fully saturated rings. The topological polar surface area (TPSA) is 3.24 Å². The molecule has 0 N–H and O–H groups in total. The summed E-state index contributed by atoms with van der Waals surface area (Å²) in [5.41, 5.74) is 2.15. The molecule has 0 saturated carbocycles. The van der Waals surface area contributed by atoms with Gasteiger partial charge in [0.2, 0.25) is 0 Å². The van der Waals surface area contributed by atoms with Crippen LogP contribution in [0.5, 0.6) is 0 Å². The molecular formula is C15H21BrF3N. The largest absolute Gasteiger partial charge is 0.401 e. The maximum atomic E-state index is 12.5. The van der Waals surface area contributed by atoms with E-state index >= 15 is 0 Å². The lowest BCUT2D eigenvalue weighted by Gasteiger charge is -2.24. The molecule has 0 aliphatic carbocycles. The average molecular weight is 352 g/mol. The van der Waals surface area contributed by atoms with Crippen LogP contribution in [0.4, 0.5) is 13.2 Å². The maximum absolute atomic E-state index is 12.5. The van der Waals surface area contributed by atoms with Gasteiger partial charge < -0.3 is 0 Å². The highest BCUT2D eigenvalue weighted by Gasteiger charge is 2.30. The second kappa shape index (κ2) is 6.94. The Morgan fingerprint density at radius 3 is 2.00 bits per heavy atom. The number of alkyl halides is 4. The van der Waals surface area contributed by atoms with Gasteiger partial charge in [0.25, 0.3) is 0 Å². The van der Waals surface area contributed by atoms with Crippen LogP contribution in [0.15, 0.2) is 24.3 Å². The first kappa shape index (κ1) is 17.5. The normalized spacial score (nSPS) is 13.0. The third-order valence-electron chi connectivity index (χ3n) is 3.03. The van der Waals surface area contributed by atoms with E-state index in [1.165, 1.54) is 10.5 Å². The molecule has 1 rings (SSSR count). The zero-order chi connectivity index (χ0) is 15.4. The predicted molar refractivity (Wildman–Crippen MR) is 80.3 cm³/mol. The van der Waals surface area contributed by atoms with Crippen LogP contribution in [-0.4, -0.2) is 29.5 Å². The van der Waals surface area contributed by atoms with Gasteiger partial charge in [-0.05, 0) is 16.5 Å². The minimum atomic E-state index is -4.16. The first-order valence-electron chi connectivity index (χ1n) is 6.56. The third kappa shape index (κ3) is 6.27. The summed E-state index contributed by atoms with van der Waals surface area (Å²) < 4.78 is 37.5. The minimum absolute atomic E-state index is 0.0556. The quantitative estimate of drug-likeness (QED) is 0.692. The Balaban J connectivity index is 2.74. The van der Waals surface area contributed by atoms with Gasteiger partial charge in [0, 0.05) is 18.4 Å². The number of hydrogen-bond acceptors (Lipinski definition) is 1. The van der Waals surface area contributed by atoms with Crippen molar-refractivity contribution >= 4 is 15.9 Å². The number of hydrogen-bond donors (Lipinski definition) is 0. The van der Waals surface area contributed by atoms with Gasteiger partial charge in [0.15, 0.2) is 0 Å². The van der Waals surface area contributed by atoms with Crippen molar-refractivity contribution < 1.29 is 13.2 Å². The molecule has 1 aromatic rings. The summed E-state index contributed by atoms with van der Waals surface area (Å²) in [5, 5.41) is 0.531. The van der Waals surface area contributed by atoms with Crippen LogP contribution in [0, 0.1) is 0 Å². The first-order chi connectivity index (χ1) is 9.12. The molecule has 20 heavy (non-hydrogen) atoms. The summed E-state index contributed by atoms with van der Waals surface area (Å²) in [6.07, 6.45) is -4.16. The van der Waals surface area contributed by atoms with Gasteiger partial charge in [-0.3, -0.25) is 4.90 Å². The van der Waals surface area contributed by atoms with Crippen LogP contribution in [0.3, 0.4) is 0 Å². The molecule has 0 radical (unpaired) electrons. The summed E-state index contributed by atoms with van der Waals surface area (Å²) in [4.78, 5) is 1.40. The van der Waals surface area contributed by atoms with Crippen LogP contribution in [-0.2, 0) is 12.0 Å². The fraction of sp³-hybridized carbons (Fsp3) is 0.600. The monoisotopic (exact) mass is 351 g/mol. The molecule has 0 heterocycles. The Hall–Kier alpha value is -0.550. The van der Waals surface area contributed by atoms with Crippen LogP contribution >= 0.6 is 15.9 Å². The van der Waals surface area contributed by atoms with Crippen molar-refractivity contribution in [2.75, 3.05) is 18.4 Å². The van der Waals surface area contributed by atoms with Crippen molar-refractivity contribution in [3.8, 4) is 0 Å². The molecule has 0 bridgehead atoms. The second-order valence-corrected chi connectivity index (χ2v) is 6.75. The molecule has 1 nitrogen and oxygen atoms in total. The predicted octanol–water partition coefficient (Wildman–Crippen LogP) is 4.74. The third-order valence-corrected chi connectivity index (χ3v) is 3.38. The lowest BCUT2D eigenvalue weighted by Crippen LogP contribution is -2.35. The molecule has 0 spiro atoms. The maximum Gasteiger partial charge on any atom is 0.401 e. The van der Waals surface area contributed by atoms with Crippen molar-refractivity contribution in [3.05, 3.63) is 35.4 Å². The van der Waals surface area contributed by atoms with E-state index in [-0.39, 0.29) is 5.41 Å². The fourth-order valence-corrected chi connectivity index (χ4v) is 2.46. The van der Waals surface area contributed by atoms with E-state index in [1.54, 1.807) is 0 Å². The highest BCUT2D eigenvalue weighted by atomic mass is 79.9. The Kier molecular flexibility index (Phi) is 6.07. The molecule has 0 saturated heterocycles. The van der Waals surface area contributed by atoms with E-state index in [1.807, 2.05) is 24.3 Å². The Morgan fingerprint density at radius 1 is 1.05 bits per heavy atom. The van der Waals surface area contributed by atoms with Gasteiger partial charge in [-0.1, -0.05) is 61.0 Å². The van der Waals surface area contributed by atoms with Crippen molar-refractivity contribution in [2.45, 2.75) is 38.9 Å². The highest BCUT2D eigenvalue weighted by Crippen LogP contribution is 2.23. The standard InChI is InChI=1S/C15H21BrF3N/c1-14(2,3)13-6-4-12(5-7-13)10-20(9-8-16)11-15(17,18)19/h4-7H,8-11H2,1-3H3. The molecule has 0 aliphatic heterocycles. The Labute approximate surface area is 127 Å². The zero-order valence-electron chi connectivity index (χ0n) is 12.1. The highest BCUT2D eigenvalue weighted by molar-refractivity contribution is 9.09. The van der Waals surface area contributed by atoms with Crippen LogP contribution in [0.2, 0.25) is 0 Å². The van der Waals surface area contributed by atoms with E-state index < -0.39 is 12.7 Å². The molecular weight excluding hydrogens is 331 g/mol. The molecule has 0 aromatic heterocycles. The Bertz CT molecular complexity index is 407. The van der Waals surface area contributed by atoms with E-state index in [0.29, 0.717) is 18.4 Å². The van der Waals surface area contributed by atoms with E-state index in [0.717, 1.165) is 5.56 Å². The van der Waals surface area contributed by atoms with Crippen LogP contribution < -0.4 is 0 Å². The number of nitrogens with zero attached hydrogens (tertiary/aromatic N) is 1. The van der Waals surface area contributed by atoms with Gasteiger partial charge in [-0.25, -0.2) is 0 Å². The van der Waals surface area contributed by atoms with Crippen molar-refractivity contribution in [1.82, 2.24) is 4.90 Å². The van der Waals surface area contributed by atoms with Gasteiger partial charge >= 0.3 is 6.18 Å². The molecule has 0 amide bonds. The summed E-state index contributed by atoms with van der Waals surface area (Å²) in [5.74, 6) is 0. The second-order valence-electron chi connectivity index (χ2n) is 5.96. The lowest BCUT2D eigenvalue weighted by molar-refractivity contribution is -0.146. The molecule has 0 aliphatic rings. The summed E-state index contributed by atoms with van der Waals surface area (Å²) in [6, 6.07) is 7.82. The molecule has 5 heteroatoms. The first-order valence-corrected chi connectivity index (χ1v) is 7.68. The SMILES string of the molecule is CC(C)(C)c1ccc(CN(CCBr)CC(F)(F)F)cc1. The summed E-state index contributed by atoms with van der Waals surface area (Å²) in [7, 11) is 0. The molecule has 0 unspecified atom stereocenters. The minimum Gasteiger partial charge on any atom is -0.290 e. The zero-order valence-corrected chi connectivity index (χ0v) is 13.7. The lowest BCUT2D eigenvalue weighted by atomic mass is 9.87. The molecule has 114 valence electrons. The number of halogens is 4. The smallest absolute Gasteiger partial charge is 0.290 e. The summed E-state index contributed by atoms with van der Waals surface area (Å²) >= 11 is 3.20. The summed E-state index contributed by atoms with van der Waals surface area (Å²) in [6.45, 7) is 6.16. The van der Waals surface area contributed by atoms with Crippen LogP contribution in [0.1, 0.15) is 31.9 Å². The average Bonchev–Trinajstić information content (AvgIpc) is 2.26. The van der Waals surface area contributed by atoms with Crippen molar-refractivity contribution in [2.24, 2.45) is 0 Å². The van der Waals surface area contributed by atoms with Gasteiger partial charge in [0.1, 0.15) is 0 Å². The fourth-order valence-electron chi connectivity index (χ4n) is 1.96. The van der Waals surface area contributed by atoms with Gasteiger partial charge in [0.05, 0.1) is 6.54 Å². The van der Waals surface area contributed by atoms with Gasteiger partial charge in [-0.15, -0.1) is 0 Å². The Morgan fingerprint density at radius 2 is 1.60 bits per heavy atom. The van der Waals surface area contributed by atoms with E-state index in [4.69, 9.17) is 0 Å². The van der Waals surface area contributed by atoms with Gasteiger partial charge in [-0.2, -0.15) is 13.2 Å². The molecule has 1 aromatic carbocycles. The number of benzene rings is 1. The van der Waals surface area contributed by atoms with E-state index in [2.05, 4.69) is 36.7 Å². The molecule has 0 atom stereocenters. The van der Waals surface area contributed by atoms with E-state index in [9.17, 15) is 13.2 Å². The van der Waals surface area contributed by atoms with Crippen molar-refractivity contribution in [1.29, 1.82) is 0 Å².